The summed E-state index contributed by atoms with van der Waals surface area (Å²) in [6.07, 6.45) is 0. The normalized spacial score (nSPS) is 11.9. The highest BCUT2D eigenvalue weighted by Gasteiger charge is 2.14. The molecular formula is C10H16N2O3S. The lowest BCUT2D eigenvalue weighted by Crippen LogP contribution is -2.20. The fraction of sp³-hybridized carbons (Fsp3) is 0.400. The minimum absolute atomic E-state index is 0.125. The van der Waals surface area contributed by atoms with Crippen molar-refractivity contribution in [2.45, 2.75) is 4.90 Å². The summed E-state index contributed by atoms with van der Waals surface area (Å²) >= 11 is 0. The molecule has 0 radical (unpaired) electrons. The molecule has 0 atom stereocenters. The van der Waals surface area contributed by atoms with Crippen molar-refractivity contribution in [3.63, 3.8) is 0 Å². The smallest absolute Gasteiger partial charge is 0.297 e. The van der Waals surface area contributed by atoms with Gasteiger partial charge in [-0.15, -0.1) is 0 Å². The van der Waals surface area contributed by atoms with Crippen molar-refractivity contribution >= 4 is 15.8 Å². The van der Waals surface area contributed by atoms with E-state index >= 15 is 0 Å². The molecule has 1 aromatic rings. The van der Waals surface area contributed by atoms with E-state index in [-0.39, 0.29) is 11.5 Å². The van der Waals surface area contributed by atoms with Gasteiger partial charge in [0, 0.05) is 12.2 Å². The van der Waals surface area contributed by atoms with Gasteiger partial charge in [-0.3, -0.25) is 4.18 Å². The molecule has 1 aromatic carbocycles. The third-order valence-electron chi connectivity index (χ3n) is 1.95. The molecule has 0 spiro atoms. The topological polar surface area (TPSA) is 72.6 Å². The van der Waals surface area contributed by atoms with E-state index in [9.17, 15) is 8.42 Å². The molecule has 0 saturated carbocycles. The van der Waals surface area contributed by atoms with Crippen LogP contribution < -0.4 is 5.73 Å². The summed E-state index contributed by atoms with van der Waals surface area (Å²) < 4.78 is 28.1. The maximum absolute atomic E-state index is 11.6. The minimum atomic E-state index is -3.65. The third kappa shape index (κ3) is 3.80. The monoisotopic (exact) mass is 244 g/mol. The second kappa shape index (κ2) is 5.29. The van der Waals surface area contributed by atoms with Gasteiger partial charge in [0.2, 0.25) is 0 Å². The third-order valence-corrected chi connectivity index (χ3v) is 3.27. The maximum Gasteiger partial charge on any atom is 0.297 e. The van der Waals surface area contributed by atoms with Crippen LogP contribution in [0.15, 0.2) is 29.2 Å². The number of anilines is 1. The number of rotatable bonds is 5. The number of nitrogens with zero attached hydrogens (tertiary/aromatic N) is 1. The van der Waals surface area contributed by atoms with Gasteiger partial charge < -0.3 is 10.6 Å². The van der Waals surface area contributed by atoms with Crippen molar-refractivity contribution in [2.75, 3.05) is 33.0 Å². The summed E-state index contributed by atoms with van der Waals surface area (Å²) in [5, 5.41) is 0. The number of hydrogen-bond acceptors (Lipinski definition) is 5. The van der Waals surface area contributed by atoms with Gasteiger partial charge in [0.15, 0.2) is 0 Å². The Balaban J connectivity index is 2.67. The Morgan fingerprint density at radius 2 is 1.81 bits per heavy atom. The van der Waals surface area contributed by atoms with Crippen LogP contribution in [0.2, 0.25) is 0 Å². The average Bonchev–Trinajstić information content (AvgIpc) is 2.17. The largest absolute Gasteiger partial charge is 0.399 e. The highest BCUT2D eigenvalue weighted by molar-refractivity contribution is 7.86. The molecule has 0 saturated heterocycles. The summed E-state index contributed by atoms with van der Waals surface area (Å²) in [6.45, 7) is 0.688. The number of nitrogen functional groups attached to an aromatic ring is 1. The van der Waals surface area contributed by atoms with Crippen LogP contribution in [0.5, 0.6) is 0 Å². The van der Waals surface area contributed by atoms with Crippen molar-refractivity contribution in [2.24, 2.45) is 0 Å². The van der Waals surface area contributed by atoms with E-state index in [1.54, 1.807) is 0 Å². The van der Waals surface area contributed by atoms with E-state index in [1.165, 1.54) is 24.3 Å². The minimum Gasteiger partial charge on any atom is -0.399 e. The van der Waals surface area contributed by atoms with Crippen molar-refractivity contribution in [1.29, 1.82) is 0 Å². The van der Waals surface area contributed by atoms with Crippen LogP contribution in [0.3, 0.4) is 0 Å². The Morgan fingerprint density at radius 3 is 2.31 bits per heavy atom. The zero-order chi connectivity index (χ0) is 12.2. The van der Waals surface area contributed by atoms with Gasteiger partial charge in [-0.25, -0.2) is 0 Å². The first-order chi connectivity index (χ1) is 7.42. The number of likely N-dealkylation sites (N-methyl/N-ethyl adjacent to an activating group) is 1. The van der Waals surface area contributed by atoms with E-state index in [2.05, 4.69) is 0 Å². The highest BCUT2D eigenvalue weighted by Crippen LogP contribution is 2.14. The predicted molar refractivity (Wildman–Crippen MR) is 62.5 cm³/mol. The van der Waals surface area contributed by atoms with Crippen molar-refractivity contribution in [3.05, 3.63) is 24.3 Å². The van der Waals surface area contributed by atoms with Crippen LogP contribution in [0, 0.1) is 0 Å². The van der Waals surface area contributed by atoms with Crippen LogP contribution in [0.4, 0.5) is 5.69 Å². The van der Waals surface area contributed by atoms with Crippen LogP contribution >= 0.6 is 0 Å². The highest BCUT2D eigenvalue weighted by atomic mass is 32.2. The molecule has 0 fully saturated rings. The quantitative estimate of drug-likeness (QED) is 0.604. The molecule has 0 heterocycles. The van der Waals surface area contributed by atoms with E-state index in [0.717, 1.165) is 0 Å². The van der Waals surface area contributed by atoms with Gasteiger partial charge in [-0.1, -0.05) is 0 Å². The predicted octanol–water partition coefficient (Wildman–Crippen LogP) is 0.536. The molecule has 6 heteroatoms. The van der Waals surface area contributed by atoms with Crippen molar-refractivity contribution in [3.8, 4) is 0 Å². The summed E-state index contributed by atoms with van der Waals surface area (Å²) in [5.41, 5.74) is 5.99. The molecule has 5 nitrogen and oxygen atoms in total. The summed E-state index contributed by atoms with van der Waals surface area (Å²) in [7, 11) is 0.0379. The Hall–Kier alpha value is -1.11. The van der Waals surface area contributed by atoms with Gasteiger partial charge in [-0.2, -0.15) is 8.42 Å². The zero-order valence-corrected chi connectivity index (χ0v) is 10.2. The molecule has 0 unspecified atom stereocenters. The van der Waals surface area contributed by atoms with Gasteiger partial charge in [0.05, 0.1) is 11.5 Å². The standard InChI is InChI=1S/C10H16N2O3S/c1-12(2)7-8-15-16(13,14)10-5-3-9(11)4-6-10/h3-6H,7-8,11H2,1-2H3. The first kappa shape index (κ1) is 13.0. The molecule has 16 heavy (non-hydrogen) atoms. The fourth-order valence-electron chi connectivity index (χ4n) is 1.03. The fourth-order valence-corrected chi connectivity index (χ4v) is 1.93. The SMILES string of the molecule is CN(C)CCOS(=O)(=O)c1ccc(N)cc1. The second-order valence-corrected chi connectivity index (χ2v) is 5.26. The van der Waals surface area contributed by atoms with Crippen LogP contribution in [-0.4, -0.2) is 40.6 Å². The van der Waals surface area contributed by atoms with Crippen LogP contribution in [0.1, 0.15) is 0 Å². The lowest BCUT2D eigenvalue weighted by Gasteiger charge is -2.10. The lowest BCUT2D eigenvalue weighted by molar-refractivity contribution is 0.265. The molecule has 1 rings (SSSR count). The van der Waals surface area contributed by atoms with E-state index < -0.39 is 10.1 Å². The first-order valence-corrected chi connectivity index (χ1v) is 6.22. The van der Waals surface area contributed by atoms with Crippen LogP contribution in [0.25, 0.3) is 0 Å². The van der Waals surface area contributed by atoms with E-state index in [4.69, 9.17) is 9.92 Å². The Kier molecular flexibility index (Phi) is 4.28. The molecule has 0 aliphatic rings. The zero-order valence-electron chi connectivity index (χ0n) is 9.38. The second-order valence-electron chi connectivity index (χ2n) is 3.65. The summed E-state index contributed by atoms with van der Waals surface area (Å²) in [6, 6.07) is 5.92. The average molecular weight is 244 g/mol. The molecular weight excluding hydrogens is 228 g/mol. The molecule has 0 aliphatic heterocycles. The number of nitrogens with two attached hydrogens (primary N) is 1. The van der Waals surface area contributed by atoms with Gasteiger partial charge in [0.25, 0.3) is 10.1 Å². The van der Waals surface area contributed by atoms with Gasteiger partial charge >= 0.3 is 0 Å². The molecule has 90 valence electrons. The lowest BCUT2D eigenvalue weighted by atomic mass is 10.3. The molecule has 2 N–H and O–H groups in total. The number of hydrogen-bond donors (Lipinski definition) is 1. The van der Waals surface area contributed by atoms with Crippen molar-refractivity contribution in [1.82, 2.24) is 4.90 Å². The Labute approximate surface area is 95.9 Å². The maximum atomic E-state index is 11.6. The Morgan fingerprint density at radius 1 is 1.25 bits per heavy atom. The summed E-state index contributed by atoms with van der Waals surface area (Å²) in [5.74, 6) is 0. The van der Waals surface area contributed by atoms with Gasteiger partial charge in [0.1, 0.15) is 0 Å². The Bertz CT molecular complexity index is 426. The molecule has 0 aliphatic carbocycles. The first-order valence-electron chi connectivity index (χ1n) is 4.81. The van der Waals surface area contributed by atoms with Crippen LogP contribution in [-0.2, 0) is 14.3 Å². The molecule has 0 aromatic heterocycles. The van der Waals surface area contributed by atoms with Crippen molar-refractivity contribution < 1.29 is 12.6 Å². The number of benzene rings is 1. The molecule has 0 bridgehead atoms. The summed E-state index contributed by atoms with van der Waals surface area (Å²) in [4.78, 5) is 1.97. The van der Waals surface area contributed by atoms with E-state index in [1.807, 2.05) is 19.0 Å². The molecule has 0 amide bonds. The van der Waals surface area contributed by atoms with E-state index in [0.29, 0.717) is 12.2 Å². The van der Waals surface area contributed by atoms with Gasteiger partial charge in [-0.05, 0) is 38.4 Å².